The highest BCUT2D eigenvalue weighted by Gasteiger charge is 2.16. The highest BCUT2D eigenvalue weighted by molar-refractivity contribution is 7.89. The molecule has 0 aliphatic carbocycles. The van der Waals surface area contributed by atoms with Crippen LogP contribution in [0.5, 0.6) is 0 Å². The zero-order valence-corrected chi connectivity index (χ0v) is 13.3. The number of hydrogen-bond acceptors (Lipinski definition) is 5. The Labute approximate surface area is 132 Å². The third-order valence-electron chi connectivity index (χ3n) is 3.30. The molecule has 3 aromatic rings. The molecule has 1 aromatic carbocycles. The van der Waals surface area contributed by atoms with Crippen molar-refractivity contribution >= 4 is 15.8 Å². The number of aromatic nitrogens is 4. The first-order chi connectivity index (χ1) is 10.9. The number of hydrogen-bond donors (Lipinski definition) is 1. The van der Waals surface area contributed by atoms with Crippen molar-refractivity contribution in [3.8, 4) is 0 Å². The van der Waals surface area contributed by atoms with Gasteiger partial charge in [-0.15, -0.1) is 10.2 Å². The maximum Gasteiger partial charge on any atom is 0.255 e. The molecule has 2 aromatic heterocycles. The van der Waals surface area contributed by atoms with Crippen molar-refractivity contribution in [2.45, 2.75) is 25.3 Å². The molecule has 0 aliphatic rings. The molecule has 0 atom stereocenters. The van der Waals surface area contributed by atoms with Crippen molar-refractivity contribution in [2.24, 2.45) is 0 Å². The van der Waals surface area contributed by atoms with E-state index in [0.29, 0.717) is 11.6 Å². The van der Waals surface area contributed by atoms with E-state index in [1.807, 2.05) is 19.9 Å². The first-order valence-corrected chi connectivity index (χ1v) is 8.28. The molecule has 120 valence electrons. The van der Waals surface area contributed by atoms with Crippen LogP contribution >= 0.6 is 0 Å². The lowest BCUT2D eigenvalue weighted by atomic mass is 10.3. The molecule has 23 heavy (non-hydrogen) atoms. The van der Waals surface area contributed by atoms with Gasteiger partial charge >= 0.3 is 0 Å². The van der Waals surface area contributed by atoms with E-state index in [4.69, 9.17) is 0 Å². The molecule has 0 fully saturated rings. The first kappa shape index (κ1) is 15.5. The van der Waals surface area contributed by atoms with Crippen molar-refractivity contribution in [3.63, 3.8) is 0 Å². The summed E-state index contributed by atoms with van der Waals surface area (Å²) in [5.74, 6) is 0.346. The summed E-state index contributed by atoms with van der Waals surface area (Å²) in [6.45, 7) is 3.66. The van der Waals surface area contributed by atoms with Gasteiger partial charge in [0.2, 0.25) is 10.0 Å². The molecule has 0 spiro atoms. The highest BCUT2D eigenvalue weighted by Crippen LogP contribution is 2.12. The van der Waals surface area contributed by atoms with Crippen LogP contribution in [0.2, 0.25) is 0 Å². The van der Waals surface area contributed by atoms with Crippen molar-refractivity contribution in [1.29, 1.82) is 0 Å². The second-order valence-corrected chi connectivity index (χ2v) is 6.84. The van der Waals surface area contributed by atoms with Crippen LogP contribution in [0.3, 0.4) is 0 Å². The number of aryl methyl sites for hydroxylation is 2. The maximum absolute atomic E-state index is 12.9. The van der Waals surface area contributed by atoms with E-state index >= 15 is 0 Å². The number of benzene rings is 1. The van der Waals surface area contributed by atoms with Crippen molar-refractivity contribution in [1.82, 2.24) is 24.3 Å². The van der Waals surface area contributed by atoms with Crippen LogP contribution < -0.4 is 4.72 Å². The number of sulfonamides is 1. The quantitative estimate of drug-likeness (QED) is 0.777. The average molecular weight is 335 g/mol. The molecule has 9 heteroatoms. The Bertz CT molecular complexity index is 967. The molecule has 1 N–H and O–H groups in total. The molecular formula is C14H14FN5O2S. The lowest BCUT2D eigenvalue weighted by molar-refractivity contribution is 0.577. The van der Waals surface area contributed by atoms with Gasteiger partial charge in [-0.2, -0.15) is 0 Å². The normalized spacial score (nSPS) is 12.0. The van der Waals surface area contributed by atoms with Crippen molar-refractivity contribution < 1.29 is 12.8 Å². The molecule has 0 saturated carbocycles. The lowest BCUT2D eigenvalue weighted by Gasteiger charge is -2.07. The zero-order valence-electron chi connectivity index (χ0n) is 12.5. The van der Waals surface area contributed by atoms with Gasteiger partial charge < -0.3 is 0 Å². The van der Waals surface area contributed by atoms with Gasteiger partial charge in [-0.25, -0.2) is 22.5 Å². The Morgan fingerprint density at radius 2 is 1.87 bits per heavy atom. The highest BCUT2D eigenvalue weighted by atomic mass is 32.2. The Kier molecular flexibility index (Phi) is 3.82. The van der Waals surface area contributed by atoms with Gasteiger partial charge in [-0.1, -0.05) is 0 Å². The van der Waals surface area contributed by atoms with Crippen LogP contribution in [0.1, 0.15) is 17.2 Å². The Hall–Kier alpha value is -2.39. The van der Waals surface area contributed by atoms with E-state index < -0.39 is 15.8 Å². The molecular weight excluding hydrogens is 321 g/mol. The third kappa shape index (κ3) is 3.06. The van der Waals surface area contributed by atoms with Crippen molar-refractivity contribution in [2.75, 3.05) is 0 Å². The molecule has 3 rings (SSSR count). The third-order valence-corrected chi connectivity index (χ3v) is 4.72. The largest absolute Gasteiger partial charge is 0.266 e. The summed E-state index contributed by atoms with van der Waals surface area (Å²) in [6, 6.07) is 6.45. The van der Waals surface area contributed by atoms with Gasteiger partial charge in [0.05, 0.1) is 11.4 Å². The number of rotatable bonds is 4. The van der Waals surface area contributed by atoms with Crippen LogP contribution in [0.4, 0.5) is 4.39 Å². The Balaban J connectivity index is 1.87. The van der Waals surface area contributed by atoms with Crippen LogP contribution in [0.25, 0.3) is 5.78 Å². The summed E-state index contributed by atoms with van der Waals surface area (Å²) >= 11 is 0. The summed E-state index contributed by atoms with van der Waals surface area (Å²) in [5, 5.41) is 7.91. The van der Waals surface area contributed by atoms with E-state index in [9.17, 15) is 12.8 Å². The van der Waals surface area contributed by atoms with E-state index in [1.54, 1.807) is 4.40 Å². The van der Waals surface area contributed by atoms with Gasteiger partial charge in [0.25, 0.3) is 5.78 Å². The fourth-order valence-electron chi connectivity index (χ4n) is 2.27. The molecule has 7 nitrogen and oxygen atoms in total. The van der Waals surface area contributed by atoms with Crippen LogP contribution in [-0.4, -0.2) is 28.0 Å². The molecule has 0 saturated heterocycles. The monoisotopic (exact) mass is 335 g/mol. The van der Waals surface area contributed by atoms with Crippen LogP contribution in [0.15, 0.2) is 35.2 Å². The lowest BCUT2D eigenvalue weighted by Crippen LogP contribution is -2.24. The van der Waals surface area contributed by atoms with Gasteiger partial charge in [0, 0.05) is 11.4 Å². The van der Waals surface area contributed by atoms with Gasteiger partial charge in [0.15, 0.2) is 5.82 Å². The molecule has 0 aliphatic heterocycles. The number of nitrogens with one attached hydrogen (secondary N) is 1. The summed E-state index contributed by atoms with van der Waals surface area (Å²) in [7, 11) is -3.76. The molecule has 0 unspecified atom stereocenters. The number of nitrogens with zero attached hydrogens (tertiary/aromatic N) is 4. The van der Waals surface area contributed by atoms with E-state index in [0.717, 1.165) is 23.5 Å². The summed E-state index contributed by atoms with van der Waals surface area (Å²) in [5.41, 5.74) is 1.66. The topological polar surface area (TPSA) is 89.2 Å². The number of fused-ring (bicyclic) bond motifs is 1. The van der Waals surface area contributed by atoms with Gasteiger partial charge in [-0.3, -0.25) is 4.40 Å². The fourth-order valence-corrected chi connectivity index (χ4v) is 3.25. The first-order valence-electron chi connectivity index (χ1n) is 6.80. The number of halogens is 1. The fraction of sp³-hybridized carbons (Fsp3) is 0.214. The zero-order chi connectivity index (χ0) is 16.6. The van der Waals surface area contributed by atoms with Crippen LogP contribution in [-0.2, 0) is 16.6 Å². The maximum atomic E-state index is 12.9. The predicted molar refractivity (Wildman–Crippen MR) is 80.7 cm³/mol. The minimum Gasteiger partial charge on any atom is -0.266 e. The molecule has 2 heterocycles. The molecule has 0 radical (unpaired) electrons. The summed E-state index contributed by atoms with van der Waals surface area (Å²) in [6.07, 6.45) is 0. The smallest absolute Gasteiger partial charge is 0.255 e. The minimum atomic E-state index is -3.76. The second-order valence-electron chi connectivity index (χ2n) is 5.07. The summed E-state index contributed by atoms with van der Waals surface area (Å²) < 4.78 is 41.4. The standard InChI is InChI=1S/C14H14FN5O2S/c1-9-7-10(2)20-13(18-19-14(20)17-9)8-16-23(21,22)12-5-3-11(15)4-6-12/h3-7,16H,8H2,1-2H3. The SMILES string of the molecule is Cc1cc(C)n2c(CNS(=O)(=O)c3ccc(F)cc3)nnc2n1. The Morgan fingerprint density at radius 1 is 1.17 bits per heavy atom. The van der Waals surface area contributed by atoms with E-state index in [2.05, 4.69) is 19.9 Å². The minimum absolute atomic E-state index is 0.0154. The molecule has 0 bridgehead atoms. The molecule has 0 amide bonds. The second kappa shape index (κ2) is 5.67. The van der Waals surface area contributed by atoms with Gasteiger partial charge in [0.1, 0.15) is 5.82 Å². The van der Waals surface area contributed by atoms with Crippen molar-refractivity contribution in [3.05, 3.63) is 53.4 Å². The van der Waals surface area contributed by atoms with Gasteiger partial charge in [-0.05, 0) is 44.2 Å². The van der Waals surface area contributed by atoms with Crippen LogP contribution in [0, 0.1) is 19.7 Å². The van der Waals surface area contributed by atoms with E-state index in [-0.39, 0.29) is 11.4 Å². The Morgan fingerprint density at radius 3 is 2.57 bits per heavy atom. The van der Waals surface area contributed by atoms with E-state index in [1.165, 1.54) is 12.1 Å². The predicted octanol–water partition coefficient (Wildman–Crippen LogP) is 1.36. The summed E-state index contributed by atoms with van der Waals surface area (Å²) in [4.78, 5) is 4.22. The average Bonchev–Trinajstić information content (AvgIpc) is 2.89.